The SMILES string of the molecule is CCOc1ccc(N=C2S[C@@H](C(=O)Nc3ccc(OC)cc3)CC(=O)N2CCc2ccccc2)cc1. The maximum absolute atomic E-state index is 13.2. The lowest BCUT2D eigenvalue weighted by Crippen LogP contribution is -2.46. The van der Waals surface area contributed by atoms with Crippen LogP contribution in [0.25, 0.3) is 0 Å². The first-order valence-corrected chi connectivity index (χ1v) is 12.7. The van der Waals surface area contributed by atoms with E-state index in [4.69, 9.17) is 14.5 Å². The number of benzene rings is 3. The fourth-order valence-corrected chi connectivity index (χ4v) is 4.86. The third kappa shape index (κ3) is 6.66. The maximum atomic E-state index is 13.2. The summed E-state index contributed by atoms with van der Waals surface area (Å²) in [5.74, 6) is 1.10. The average molecular weight is 504 g/mol. The standard InChI is InChI=1S/C28H29N3O4S/c1-3-35-24-15-11-22(12-16-24)30-28-31(18-17-20-7-5-4-6-8-20)26(32)19-25(36-28)27(33)29-21-9-13-23(34-2)14-10-21/h4-16,25H,3,17-19H2,1-2H3,(H,29,33)/t25-/m1/s1. The van der Waals surface area contributed by atoms with Crippen LogP contribution in [0.2, 0.25) is 0 Å². The van der Waals surface area contributed by atoms with Crippen LogP contribution in [0.4, 0.5) is 11.4 Å². The summed E-state index contributed by atoms with van der Waals surface area (Å²) >= 11 is 1.31. The minimum absolute atomic E-state index is 0.101. The first-order chi connectivity index (χ1) is 17.6. The Morgan fingerprint density at radius 1 is 1.03 bits per heavy atom. The summed E-state index contributed by atoms with van der Waals surface area (Å²) in [7, 11) is 1.59. The lowest BCUT2D eigenvalue weighted by atomic mass is 10.1. The molecule has 0 saturated carbocycles. The van der Waals surface area contributed by atoms with Gasteiger partial charge in [-0.2, -0.15) is 0 Å². The van der Waals surface area contributed by atoms with Gasteiger partial charge in [0.25, 0.3) is 0 Å². The van der Waals surface area contributed by atoms with Crippen molar-refractivity contribution in [3.63, 3.8) is 0 Å². The number of thioether (sulfide) groups is 1. The van der Waals surface area contributed by atoms with Crippen molar-refractivity contribution in [3.8, 4) is 11.5 Å². The zero-order valence-corrected chi connectivity index (χ0v) is 21.2. The van der Waals surface area contributed by atoms with E-state index in [0.29, 0.717) is 41.9 Å². The van der Waals surface area contributed by atoms with Gasteiger partial charge in [-0.25, -0.2) is 4.99 Å². The Morgan fingerprint density at radius 2 is 1.72 bits per heavy atom. The molecule has 3 aromatic carbocycles. The largest absolute Gasteiger partial charge is 0.497 e. The van der Waals surface area contributed by atoms with Crippen LogP contribution >= 0.6 is 11.8 Å². The van der Waals surface area contributed by atoms with Gasteiger partial charge in [-0.1, -0.05) is 42.1 Å². The number of hydrogen-bond donors (Lipinski definition) is 1. The van der Waals surface area contributed by atoms with Crippen molar-refractivity contribution in [1.82, 2.24) is 4.90 Å². The Hall–Kier alpha value is -3.78. The zero-order valence-electron chi connectivity index (χ0n) is 20.3. The predicted molar refractivity (Wildman–Crippen MR) is 144 cm³/mol. The van der Waals surface area contributed by atoms with Gasteiger partial charge in [-0.15, -0.1) is 0 Å². The highest BCUT2D eigenvalue weighted by Crippen LogP contribution is 2.31. The number of aliphatic imine (C=N–C) groups is 1. The normalized spacial score (nSPS) is 16.6. The van der Waals surface area contributed by atoms with E-state index in [-0.39, 0.29) is 18.2 Å². The highest BCUT2D eigenvalue weighted by Gasteiger charge is 2.35. The Kier molecular flexibility index (Phi) is 8.62. The van der Waals surface area contributed by atoms with Crippen LogP contribution < -0.4 is 14.8 Å². The van der Waals surface area contributed by atoms with Crippen molar-refractivity contribution >= 4 is 40.1 Å². The van der Waals surface area contributed by atoms with Gasteiger partial charge in [0.05, 0.1) is 19.4 Å². The molecule has 0 bridgehead atoms. The van der Waals surface area contributed by atoms with Crippen molar-refractivity contribution in [2.24, 2.45) is 4.99 Å². The summed E-state index contributed by atoms with van der Waals surface area (Å²) in [5, 5.41) is 2.83. The molecule has 1 fully saturated rings. The predicted octanol–water partition coefficient (Wildman–Crippen LogP) is 5.30. The molecule has 0 unspecified atom stereocenters. The van der Waals surface area contributed by atoms with Gasteiger partial charge in [-0.3, -0.25) is 14.5 Å². The van der Waals surface area contributed by atoms with Gasteiger partial charge < -0.3 is 14.8 Å². The Labute approximate surface area is 215 Å². The Bertz CT molecular complexity index is 1200. The molecule has 4 rings (SSSR count). The molecular formula is C28H29N3O4S. The van der Waals surface area contributed by atoms with Crippen LogP contribution in [0.5, 0.6) is 11.5 Å². The third-order valence-corrected chi connectivity index (χ3v) is 6.82. The molecule has 1 N–H and O–H groups in total. The van der Waals surface area contributed by atoms with Gasteiger partial charge in [0.15, 0.2) is 5.17 Å². The quantitative estimate of drug-likeness (QED) is 0.429. The average Bonchev–Trinajstić information content (AvgIpc) is 2.90. The van der Waals surface area contributed by atoms with E-state index in [2.05, 4.69) is 5.32 Å². The van der Waals surface area contributed by atoms with Gasteiger partial charge in [0, 0.05) is 18.7 Å². The van der Waals surface area contributed by atoms with E-state index in [1.165, 1.54) is 11.8 Å². The van der Waals surface area contributed by atoms with Crippen LogP contribution in [-0.4, -0.2) is 47.4 Å². The van der Waals surface area contributed by atoms with Crippen LogP contribution in [0.3, 0.4) is 0 Å². The van der Waals surface area contributed by atoms with Crippen molar-refractivity contribution in [2.75, 3.05) is 25.6 Å². The number of nitrogens with one attached hydrogen (secondary N) is 1. The molecule has 7 nitrogen and oxygen atoms in total. The second-order valence-electron chi connectivity index (χ2n) is 8.13. The number of carbonyl (C=O) groups excluding carboxylic acids is 2. The second-order valence-corrected chi connectivity index (χ2v) is 9.30. The summed E-state index contributed by atoms with van der Waals surface area (Å²) in [6.45, 7) is 3.00. The molecule has 0 aliphatic carbocycles. The van der Waals surface area contributed by atoms with Gasteiger partial charge in [0.2, 0.25) is 11.8 Å². The second kappa shape index (κ2) is 12.3. The van der Waals surface area contributed by atoms with Crippen LogP contribution in [0.15, 0.2) is 83.9 Å². The van der Waals surface area contributed by atoms with E-state index < -0.39 is 5.25 Å². The topological polar surface area (TPSA) is 80.2 Å². The molecule has 36 heavy (non-hydrogen) atoms. The molecule has 3 aromatic rings. The smallest absolute Gasteiger partial charge is 0.238 e. The van der Waals surface area contributed by atoms with Crippen molar-refractivity contribution in [1.29, 1.82) is 0 Å². The van der Waals surface area contributed by atoms with Gasteiger partial charge >= 0.3 is 0 Å². The van der Waals surface area contributed by atoms with E-state index in [0.717, 1.165) is 11.3 Å². The molecule has 8 heteroatoms. The van der Waals surface area contributed by atoms with Crippen LogP contribution in [0, 0.1) is 0 Å². The number of amidine groups is 1. The first kappa shape index (κ1) is 25.3. The summed E-state index contributed by atoms with van der Waals surface area (Å²) in [5.41, 5.74) is 2.47. The number of rotatable bonds is 9. The molecule has 0 aromatic heterocycles. The fraction of sp³-hybridized carbons (Fsp3) is 0.250. The lowest BCUT2D eigenvalue weighted by molar-refractivity contribution is -0.129. The molecule has 1 atom stereocenters. The molecule has 1 heterocycles. The minimum atomic E-state index is -0.589. The molecule has 1 aliphatic heterocycles. The van der Waals surface area contributed by atoms with Gasteiger partial charge in [-0.05, 0) is 67.4 Å². The fourth-order valence-electron chi connectivity index (χ4n) is 3.74. The highest BCUT2D eigenvalue weighted by atomic mass is 32.2. The van der Waals surface area contributed by atoms with Crippen molar-refractivity contribution in [2.45, 2.75) is 25.0 Å². The Morgan fingerprint density at radius 3 is 2.39 bits per heavy atom. The Balaban J connectivity index is 1.53. The van der Waals surface area contributed by atoms with E-state index in [9.17, 15) is 9.59 Å². The van der Waals surface area contributed by atoms with E-state index >= 15 is 0 Å². The minimum Gasteiger partial charge on any atom is -0.497 e. The summed E-state index contributed by atoms with van der Waals surface area (Å²) < 4.78 is 10.7. The number of hydrogen-bond acceptors (Lipinski definition) is 6. The highest BCUT2D eigenvalue weighted by molar-refractivity contribution is 8.15. The van der Waals surface area contributed by atoms with Crippen molar-refractivity contribution < 1.29 is 19.1 Å². The van der Waals surface area contributed by atoms with Gasteiger partial charge in [0.1, 0.15) is 16.7 Å². The number of anilines is 1. The third-order valence-electron chi connectivity index (χ3n) is 5.63. The monoisotopic (exact) mass is 503 g/mol. The molecular weight excluding hydrogens is 474 g/mol. The zero-order chi connectivity index (χ0) is 25.3. The lowest BCUT2D eigenvalue weighted by Gasteiger charge is -2.32. The van der Waals surface area contributed by atoms with E-state index in [1.54, 1.807) is 36.3 Å². The number of carbonyl (C=O) groups is 2. The van der Waals surface area contributed by atoms with Crippen LogP contribution in [-0.2, 0) is 16.0 Å². The molecule has 2 amide bonds. The maximum Gasteiger partial charge on any atom is 0.238 e. The van der Waals surface area contributed by atoms with Crippen molar-refractivity contribution in [3.05, 3.63) is 84.4 Å². The number of nitrogens with zero attached hydrogens (tertiary/aromatic N) is 2. The number of ether oxygens (including phenoxy) is 2. The first-order valence-electron chi connectivity index (χ1n) is 11.8. The molecule has 0 radical (unpaired) electrons. The van der Waals surface area contributed by atoms with Crippen LogP contribution in [0.1, 0.15) is 18.9 Å². The molecule has 1 saturated heterocycles. The summed E-state index contributed by atoms with van der Waals surface area (Å²) in [4.78, 5) is 32.7. The summed E-state index contributed by atoms with van der Waals surface area (Å²) in [6, 6.07) is 24.5. The summed E-state index contributed by atoms with van der Waals surface area (Å²) in [6.07, 6.45) is 0.794. The number of methoxy groups -OCH3 is 1. The molecule has 1 aliphatic rings. The molecule has 0 spiro atoms. The van der Waals surface area contributed by atoms with E-state index in [1.807, 2.05) is 61.5 Å². The molecule has 186 valence electrons. The number of amides is 2.